The number of thiophene rings is 1. The predicted octanol–water partition coefficient (Wildman–Crippen LogP) is 2.40. The van der Waals surface area contributed by atoms with Gasteiger partial charge in [-0.3, -0.25) is 0 Å². The first-order valence-corrected chi connectivity index (χ1v) is 5.36. The highest BCUT2D eigenvalue weighted by Gasteiger charge is 2.27. The van der Waals surface area contributed by atoms with Crippen LogP contribution in [-0.2, 0) is 4.74 Å². The molecule has 1 heterocycles. The summed E-state index contributed by atoms with van der Waals surface area (Å²) in [4.78, 5) is 10.7. The molecular formula is C9H9F3O4S. The molecule has 0 amide bonds. The number of ether oxygens (including phenoxy) is 2. The zero-order valence-electron chi connectivity index (χ0n) is 8.49. The van der Waals surface area contributed by atoms with Gasteiger partial charge < -0.3 is 14.6 Å². The molecule has 0 aliphatic rings. The third-order valence-corrected chi connectivity index (χ3v) is 2.46. The highest BCUT2D eigenvalue weighted by atomic mass is 32.1. The smallest absolute Gasteiger partial charge is 0.411 e. The fourth-order valence-electron chi connectivity index (χ4n) is 0.966. The molecule has 8 heteroatoms. The van der Waals surface area contributed by atoms with Crippen LogP contribution in [0.4, 0.5) is 13.2 Å². The molecule has 0 bridgehead atoms. The Bertz CT molecular complexity index is 375. The number of rotatable bonds is 6. The molecule has 0 saturated carbocycles. The molecule has 0 aromatic carbocycles. The van der Waals surface area contributed by atoms with E-state index in [4.69, 9.17) is 9.84 Å². The second-order valence-corrected chi connectivity index (χ2v) is 3.85. The molecule has 0 fully saturated rings. The van der Waals surface area contributed by atoms with Gasteiger partial charge in [0.25, 0.3) is 0 Å². The summed E-state index contributed by atoms with van der Waals surface area (Å²) in [5.74, 6) is -0.996. The van der Waals surface area contributed by atoms with Crippen molar-refractivity contribution in [1.82, 2.24) is 0 Å². The Balaban J connectivity index is 2.27. The van der Waals surface area contributed by atoms with E-state index in [9.17, 15) is 18.0 Å². The highest BCUT2D eigenvalue weighted by Crippen LogP contribution is 2.24. The first-order valence-electron chi connectivity index (χ1n) is 4.48. The monoisotopic (exact) mass is 270 g/mol. The molecule has 4 nitrogen and oxygen atoms in total. The number of hydrogen-bond acceptors (Lipinski definition) is 4. The summed E-state index contributed by atoms with van der Waals surface area (Å²) in [6.07, 6.45) is -4.37. The first-order chi connectivity index (χ1) is 7.90. The van der Waals surface area contributed by atoms with Gasteiger partial charge in [0, 0.05) is 0 Å². The van der Waals surface area contributed by atoms with Crippen molar-refractivity contribution >= 4 is 17.3 Å². The fraction of sp³-hybridized carbons (Fsp3) is 0.444. The molecule has 0 unspecified atom stereocenters. The highest BCUT2D eigenvalue weighted by molar-refractivity contribution is 7.12. The lowest BCUT2D eigenvalue weighted by molar-refractivity contribution is -0.175. The molecule has 0 saturated heterocycles. The van der Waals surface area contributed by atoms with E-state index >= 15 is 0 Å². The van der Waals surface area contributed by atoms with E-state index in [1.165, 1.54) is 11.4 Å². The normalized spacial score (nSPS) is 11.5. The quantitative estimate of drug-likeness (QED) is 0.806. The van der Waals surface area contributed by atoms with Crippen molar-refractivity contribution in [2.24, 2.45) is 0 Å². The van der Waals surface area contributed by atoms with E-state index in [0.29, 0.717) is 0 Å². The molecule has 96 valence electrons. The number of hydrogen-bond donors (Lipinski definition) is 1. The zero-order chi connectivity index (χ0) is 12.9. The predicted molar refractivity (Wildman–Crippen MR) is 53.6 cm³/mol. The molecule has 0 atom stereocenters. The molecule has 0 spiro atoms. The van der Waals surface area contributed by atoms with Gasteiger partial charge in [0.1, 0.15) is 19.0 Å². The van der Waals surface area contributed by atoms with Gasteiger partial charge in [-0.2, -0.15) is 13.2 Å². The maximum Gasteiger partial charge on any atom is 0.411 e. The van der Waals surface area contributed by atoms with Gasteiger partial charge in [0.05, 0.1) is 6.61 Å². The second-order valence-electron chi connectivity index (χ2n) is 2.94. The van der Waals surface area contributed by atoms with Crippen LogP contribution in [0.15, 0.2) is 11.4 Å². The molecule has 17 heavy (non-hydrogen) atoms. The zero-order valence-corrected chi connectivity index (χ0v) is 9.31. The van der Waals surface area contributed by atoms with E-state index in [0.717, 1.165) is 11.3 Å². The van der Waals surface area contributed by atoms with Crippen LogP contribution in [0.5, 0.6) is 5.75 Å². The SMILES string of the molecule is O=C(O)c1sccc1OCCOCC(F)(F)F. The van der Waals surface area contributed by atoms with E-state index in [1.807, 2.05) is 0 Å². The molecule has 1 N–H and O–H groups in total. The summed E-state index contributed by atoms with van der Waals surface area (Å²) in [7, 11) is 0. The average Bonchev–Trinajstić information content (AvgIpc) is 2.63. The summed E-state index contributed by atoms with van der Waals surface area (Å²) in [5.41, 5.74) is 0. The number of carbonyl (C=O) groups is 1. The van der Waals surface area contributed by atoms with Gasteiger partial charge in [-0.1, -0.05) is 0 Å². The van der Waals surface area contributed by atoms with E-state index < -0.39 is 18.8 Å². The van der Waals surface area contributed by atoms with Gasteiger partial charge in [-0.15, -0.1) is 11.3 Å². The molecular weight excluding hydrogens is 261 g/mol. The Morgan fingerprint density at radius 1 is 1.41 bits per heavy atom. The summed E-state index contributed by atoms with van der Waals surface area (Å²) in [6.45, 7) is -1.73. The Kier molecular flexibility index (Phi) is 4.76. The third kappa shape index (κ3) is 5.05. The van der Waals surface area contributed by atoms with Crippen molar-refractivity contribution in [2.45, 2.75) is 6.18 Å². The van der Waals surface area contributed by atoms with Gasteiger partial charge in [-0.25, -0.2) is 4.79 Å². The lowest BCUT2D eigenvalue weighted by atomic mass is 10.4. The number of aromatic carboxylic acids is 1. The fourth-order valence-corrected chi connectivity index (χ4v) is 1.64. The Labute approximate surface area is 98.6 Å². The Morgan fingerprint density at radius 2 is 2.12 bits per heavy atom. The van der Waals surface area contributed by atoms with Crippen LogP contribution in [0.2, 0.25) is 0 Å². The van der Waals surface area contributed by atoms with Crippen LogP contribution in [0.25, 0.3) is 0 Å². The summed E-state index contributed by atoms with van der Waals surface area (Å²) >= 11 is 0.980. The van der Waals surface area contributed by atoms with Crippen molar-refractivity contribution in [3.8, 4) is 5.75 Å². The number of halogens is 3. The van der Waals surface area contributed by atoms with Crippen LogP contribution in [0.1, 0.15) is 9.67 Å². The Hall–Kier alpha value is -1.28. The first kappa shape index (κ1) is 13.8. The molecule has 1 rings (SSSR count). The van der Waals surface area contributed by atoms with Gasteiger partial charge in [0.15, 0.2) is 4.88 Å². The maximum atomic E-state index is 11.7. The van der Waals surface area contributed by atoms with Gasteiger partial charge in [-0.05, 0) is 11.4 Å². The molecule has 0 aliphatic heterocycles. The lowest BCUT2D eigenvalue weighted by Crippen LogP contribution is -2.19. The van der Waals surface area contributed by atoms with Crippen molar-refractivity contribution in [3.63, 3.8) is 0 Å². The van der Waals surface area contributed by atoms with Crippen molar-refractivity contribution in [2.75, 3.05) is 19.8 Å². The molecule has 0 radical (unpaired) electrons. The van der Waals surface area contributed by atoms with Crippen LogP contribution >= 0.6 is 11.3 Å². The minimum atomic E-state index is -4.37. The standard InChI is InChI=1S/C9H9F3O4S/c10-9(11,12)5-15-2-3-16-6-1-4-17-7(6)8(13)14/h1,4H,2-3,5H2,(H,13,14). The minimum Gasteiger partial charge on any atom is -0.489 e. The molecule has 0 aliphatic carbocycles. The van der Waals surface area contributed by atoms with Gasteiger partial charge in [0.2, 0.25) is 0 Å². The summed E-state index contributed by atoms with van der Waals surface area (Å²) in [6, 6.07) is 1.44. The number of carboxylic acid groups (broad SMARTS) is 1. The van der Waals surface area contributed by atoms with E-state index in [-0.39, 0.29) is 23.8 Å². The van der Waals surface area contributed by atoms with Crippen molar-refractivity contribution < 1.29 is 32.5 Å². The van der Waals surface area contributed by atoms with E-state index in [1.54, 1.807) is 0 Å². The third-order valence-electron chi connectivity index (χ3n) is 1.57. The topological polar surface area (TPSA) is 55.8 Å². The molecule has 1 aromatic rings. The van der Waals surface area contributed by atoms with Crippen LogP contribution in [0.3, 0.4) is 0 Å². The summed E-state index contributed by atoms with van der Waals surface area (Å²) < 4.78 is 44.3. The van der Waals surface area contributed by atoms with Crippen LogP contribution < -0.4 is 4.74 Å². The van der Waals surface area contributed by atoms with Crippen LogP contribution in [0, 0.1) is 0 Å². The largest absolute Gasteiger partial charge is 0.489 e. The number of carboxylic acids is 1. The lowest BCUT2D eigenvalue weighted by Gasteiger charge is -2.08. The Morgan fingerprint density at radius 3 is 2.71 bits per heavy atom. The maximum absolute atomic E-state index is 11.7. The summed E-state index contributed by atoms with van der Waals surface area (Å²) in [5, 5.41) is 10.2. The van der Waals surface area contributed by atoms with E-state index in [2.05, 4.69) is 4.74 Å². The number of alkyl halides is 3. The van der Waals surface area contributed by atoms with Crippen molar-refractivity contribution in [1.29, 1.82) is 0 Å². The van der Waals surface area contributed by atoms with Crippen LogP contribution in [-0.4, -0.2) is 37.1 Å². The minimum absolute atomic E-state index is 0.0146. The molecule has 1 aromatic heterocycles. The second kappa shape index (κ2) is 5.87. The van der Waals surface area contributed by atoms with Gasteiger partial charge >= 0.3 is 12.1 Å². The van der Waals surface area contributed by atoms with Crippen molar-refractivity contribution in [3.05, 3.63) is 16.3 Å². The average molecular weight is 270 g/mol.